The van der Waals surface area contributed by atoms with Crippen molar-refractivity contribution in [1.82, 2.24) is 9.97 Å². The molecule has 164 valence electrons. The van der Waals surface area contributed by atoms with Gasteiger partial charge < -0.3 is 29.6 Å². The van der Waals surface area contributed by atoms with Gasteiger partial charge in [0.1, 0.15) is 0 Å². The fourth-order valence-corrected chi connectivity index (χ4v) is 3.40. The summed E-state index contributed by atoms with van der Waals surface area (Å²) in [6.45, 7) is 0. The van der Waals surface area contributed by atoms with Crippen LogP contribution in [-0.2, 0) is 0 Å². The zero-order valence-corrected chi connectivity index (χ0v) is 18.3. The topological polar surface area (TPSA) is 86.8 Å². The van der Waals surface area contributed by atoms with Crippen molar-refractivity contribution in [3.05, 3.63) is 60.7 Å². The molecule has 3 aromatic carbocycles. The summed E-state index contributed by atoms with van der Waals surface area (Å²) in [5.41, 5.74) is 2.88. The Kier molecular flexibility index (Phi) is 6.12. The van der Waals surface area contributed by atoms with Gasteiger partial charge in [-0.1, -0.05) is 24.3 Å². The van der Waals surface area contributed by atoms with Gasteiger partial charge in [0.25, 0.3) is 0 Å². The molecule has 4 rings (SSSR count). The van der Waals surface area contributed by atoms with E-state index < -0.39 is 0 Å². The van der Waals surface area contributed by atoms with Crippen molar-refractivity contribution < 1.29 is 18.9 Å². The Hall–Kier alpha value is -4.20. The highest BCUT2D eigenvalue weighted by Gasteiger charge is 2.17. The number of nitrogens with one attached hydrogen (secondary N) is 2. The van der Waals surface area contributed by atoms with Gasteiger partial charge in [-0.05, 0) is 36.4 Å². The molecule has 0 spiro atoms. The van der Waals surface area contributed by atoms with Crippen LogP contribution < -0.4 is 29.6 Å². The summed E-state index contributed by atoms with van der Waals surface area (Å²) in [4.78, 5) is 9.58. The molecule has 0 fully saturated rings. The first kappa shape index (κ1) is 21.0. The third kappa shape index (κ3) is 4.02. The lowest BCUT2D eigenvalue weighted by Gasteiger charge is -2.18. The van der Waals surface area contributed by atoms with Crippen molar-refractivity contribution in [3.63, 3.8) is 0 Å². The highest BCUT2D eigenvalue weighted by Crippen LogP contribution is 2.40. The molecule has 0 aliphatic rings. The van der Waals surface area contributed by atoms with E-state index in [1.54, 1.807) is 28.4 Å². The van der Waals surface area contributed by atoms with Crippen molar-refractivity contribution in [1.29, 1.82) is 0 Å². The minimum atomic E-state index is 0.514. The van der Waals surface area contributed by atoms with Crippen LogP contribution in [0.25, 0.3) is 11.0 Å². The zero-order chi connectivity index (χ0) is 22.5. The molecule has 0 saturated carbocycles. The second-order valence-electron chi connectivity index (χ2n) is 6.74. The molecule has 2 N–H and O–H groups in total. The largest absolute Gasteiger partial charge is 0.493 e. The van der Waals surface area contributed by atoms with Gasteiger partial charge in [0.2, 0.25) is 0 Å². The molecular weight excluding hydrogens is 408 g/mol. The maximum atomic E-state index is 5.56. The van der Waals surface area contributed by atoms with E-state index in [2.05, 4.69) is 10.6 Å². The second-order valence-corrected chi connectivity index (χ2v) is 6.74. The quantitative estimate of drug-likeness (QED) is 0.395. The zero-order valence-electron chi connectivity index (χ0n) is 18.3. The Balaban J connectivity index is 1.83. The second kappa shape index (κ2) is 9.30. The number of para-hydroxylation sites is 4. The number of hydrogen-bond donors (Lipinski definition) is 2. The third-order valence-corrected chi connectivity index (χ3v) is 4.88. The third-order valence-electron chi connectivity index (χ3n) is 4.88. The van der Waals surface area contributed by atoms with Crippen molar-refractivity contribution in [2.45, 2.75) is 0 Å². The lowest BCUT2D eigenvalue weighted by atomic mass is 10.2. The number of hydrogen-bond acceptors (Lipinski definition) is 8. The van der Waals surface area contributed by atoms with Crippen LogP contribution in [0.4, 0.5) is 23.0 Å². The summed E-state index contributed by atoms with van der Waals surface area (Å²) in [5.74, 6) is 3.37. The monoisotopic (exact) mass is 432 g/mol. The summed E-state index contributed by atoms with van der Waals surface area (Å²) in [7, 11) is 6.38. The fourth-order valence-electron chi connectivity index (χ4n) is 3.40. The average Bonchev–Trinajstić information content (AvgIpc) is 2.83. The maximum Gasteiger partial charge on any atom is 0.184 e. The van der Waals surface area contributed by atoms with Crippen molar-refractivity contribution >= 4 is 34.0 Å². The van der Waals surface area contributed by atoms with Crippen LogP contribution in [0, 0.1) is 0 Å². The summed E-state index contributed by atoms with van der Waals surface area (Å²) in [5, 5.41) is 6.66. The van der Waals surface area contributed by atoms with E-state index in [0.717, 1.165) is 11.0 Å². The number of ether oxygens (including phenoxy) is 4. The van der Waals surface area contributed by atoms with Gasteiger partial charge in [-0.15, -0.1) is 0 Å². The Bertz CT molecular complexity index is 1150. The van der Waals surface area contributed by atoms with Gasteiger partial charge in [-0.2, -0.15) is 0 Å². The Labute approximate surface area is 186 Å². The van der Waals surface area contributed by atoms with Crippen molar-refractivity contribution in [2.24, 2.45) is 0 Å². The molecule has 0 atom stereocenters. The number of aromatic nitrogens is 2. The number of fused-ring (bicyclic) bond motifs is 1. The predicted octanol–water partition coefficient (Wildman–Crippen LogP) is 5.15. The van der Waals surface area contributed by atoms with Crippen LogP contribution in [-0.4, -0.2) is 38.4 Å². The number of nitrogens with zero attached hydrogens (tertiary/aromatic N) is 2. The van der Waals surface area contributed by atoms with Gasteiger partial charge in [0, 0.05) is 0 Å². The van der Waals surface area contributed by atoms with Gasteiger partial charge in [-0.3, -0.25) is 0 Å². The molecule has 0 radical (unpaired) electrons. The van der Waals surface area contributed by atoms with Gasteiger partial charge >= 0.3 is 0 Å². The minimum Gasteiger partial charge on any atom is -0.493 e. The van der Waals surface area contributed by atoms with Gasteiger partial charge in [0.15, 0.2) is 34.6 Å². The van der Waals surface area contributed by atoms with Gasteiger partial charge in [-0.25, -0.2) is 9.97 Å². The molecule has 0 aliphatic heterocycles. The summed E-state index contributed by atoms with van der Waals surface area (Å²) < 4.78 is 22.0. The standard InChI is InChI=1S/C24H24N4O4/c1-29-19-13-7-11-17(21(19)31-3)27-23-24(26-16-10-6-5-9-15(16)25-23)28-18-12-8-14-20(30-2)22(18)32-4/h5-14H,1-4H3,(H,25,27)(H,26,28). The predicted molar refractivity (Wildman–Crippen MR) is 125 cm³/mol. The Morgan fingerprint density at radius 1 is 0.531 bits per heavy atom. The molecule has 0 aliphatic carbocycles. The van der Waals surface area contributed by atoms with E-state index in [4.69, 9.17) is 28.9 Å². The highest BCUT2D eigenvalue weighted by molar-refractivity contribution is 5.85. The number of rotatable bonds is 8. The molecule has 0 amide bonds. The summed E-state index contributed by atoms with van der Waals surface area (Å²) >= 11 is 0. The van der Waals surface area contributed by atoms with E-state index in [1.807, 2.05) is 60.7 Å². The molecule has 4 aromatic rings. The molecule has 1 heterocycles. The van der Waals surface area contributed by atoms with Crippen LogP contribution in [0.15, 0.2) is 60.7 Å². The van der Waals surface area contributed by atoms with E-state index in [1.165, 1.54) is 0 Å². The molecule has 8 nitrogen and oxygen atoms in total. The highest BCUT2D eigenvalue weighted by atomic mass is 16.5. The van der Waals surface area contributed by atoms with Gasteiger partial charge in [0.05, 0.1) is 50.8 Å². The molecule has 0 bridgehead atoms. The lowest BCUT2D eigenvalue weighted by Crippen LogP contribution is -2.05. The van der Waals surface area contributed by atoms with Crippen LogP contribution in [0.2, 0.25) is 0 Å². The molecule has 0 saturated heterocycles. The van der Waals surface area contributed by atoms with E-state index in [9.17, 15) is 0 Å². The first-order valence-electron chi connectivity index (χ1n) is 9.91. The number of benzene rings is 3. The number of anilines is 4. The smallest absolute Gasteiger partial charge is 0.184 e. The minimum absolute atomic E-state index is 0.514. The first-order valence-corrected chi connectivity index (χ1v) is 9.91. The summed E-state index contributed by atoms with van der Waals surface area (Å²) in [6.07, 6.45) is 0. The first-order chi connectivity index (χ1) is 15.7. The van der Waals surface area contributed by atoms with Crippen molar-refractivity contribution in [2.75, 3.05) is 39.1 Å². The SMILES string of the molecule is COc1cccc(Nc2nc3ccccc3nc2Nc2cccc(OC)c2OC)c1OC. The van der Waals surface area contributed by atoms with Crippen molar-refractivity contribution in [3.8, 4) is 23.0 Å². The fraction of sp³-hybridized carbons (Fsp3) is 0.167. The van der Waals surface area contributed by atoms with E-state index in [0.29, 0.717) is 46.0 Å². The maximum absolute atomic E-state index is 5.56. The Morgan fingerprint density at radius 3 is 1.34 bits per heavy atom. The molecule has 8 heteroatoms. The van der Waals surface area contributed by atoms with Crippen LogP contribution in [0.3, 0.4) is 0 Å². The van der Waals surface area contributed by atoms with Crippen LogP contribution in [0.5, 0.6) is 23.0 Å². The average molecular weight is 432 g/mol. The number of methoxy groups -OCH3 is 4. The van der Waals surface area contributed by atoms with E-state index in [-0.39, 0.29) is 0 Å². The van der Waals surface area contributed by atoms with Crippen LogP contribution in [0.1, 0.15) is 0 Å². The van der Waals surface area contributed by atoms with E-state index >= 15 is 0 Å². The Morgan fingerprint density at radius 2 is 0.969 bits per heavy atom. The molecule has 1 aromatic heterocycles. The van der Waals surface area contributed by atoms with Crippen LogP contribution >= 0.6 is 0 Å². The summed E-state index contributed by atoms with van der Waals surface area (Å²) in [6, 6.07) is 18.8. The normalized spacial score (nSPS) is 10.5. The molecular formula is C24H24N4O4. The molecule has 0 unspecified atom stereocenters. The lowest BCUT2D eigenvalue weighted by molar-refractivity contribution is 0.356. The molecule has 32 heavy (non-hydrogen) atoms.